The van der Waals surface area contributed by atoms with Crippen LogP contribution < -0.4 is 5.32 Å². The standard InChI is InChI=1S/C21H26N4O3/c1-15(2)17-5-3-4-6-18(17)24-20-22-13-16(14-23-20)19(26)25-9-7-21(8-10-25)27-11-12-28-21/h3-6,13-15H,7-12H2,1-2H3,(H,22,23,24). The Balaban J connectivity index is 1.40. The van der Waals surface area contributed by atoms with Crippen molar-refractivity contribution in [2.45, 2.75) is 38.4 Å². The van der Waals surface area contributed by atoms with E-state index in [-0.39, 0.29) is 5.91 Å². The molecule has 0 bridgehead atoms. The molecule has 0 unspecified atom stereocenters. The van der Waals surface area contributed by atoms with Gasteiger partial charge in [-0.15, -0.1) is 0 Å². The maximum absolute atomic E-state index is 12.8. The number of nitrogens with zero attached hydrogens (tertiary/aromatic N) is 3. The number of piperidine rings is 1. The third-order valence-corrected chi connectivity index (χ3v) is 5.35. The molecule has 0 radical (unpaired) electrons. The molecular formula is C21H26N4O3. The zero-order chi connectivity index (χ0) is 19.6. The summed E-state index contributed by atoms with van der Waals surface area (Å²) in [5, 5.41) is 3.25. The van der Waals surface area contributed by atoms with Gasteiger partial charge in [-0.25, -0.2) is 9.97 Å². The number of nitrogens with one attached hydrogen (secondary N) is 1. The lowest BCUT2D eigenvalue weighted by atomic mass is 10.0. The van der Waals surface area contributed by atoms with Crippen LogP contribution in [0.25, 0.3) is 0 Å². The smallest absolute Gasteiger partial charge is 0.256 e. The van der Waals surface area contributed by atoms with Crippen LogP contribution in [0, 0.1) is 0 Å². The SMILES string of the molecule is CC(C)c1ccccc1Nc1ncc(C(=O)N2CCC3(CC2)OCCO3)cn1. The Bertz CT molecular complexity index is 822. The molecule has 2 fully saturated rings. The fourth-order valence-corrected chi connectivity index (χ4v) is 3.76. The number of amides is 1. The molecule has 28 heavy (non-hydrogen) atoms. The van der Waals surface area contributed by atoms with Gasteiger partial charge >= 0.3 is 0 Å². The number of hydrogen-bond acceptors (Lipinski definition) is 6. The van der Waals surface area contributed by atoms with Crippen LogP contribution in [0.2, 0.25) is 0 Å². The lowest BCUT2D eigenvalue weighted by molar-refractivity contribution is -0.181. The van der Waals surface area contributed by atoms with Gasteiger partial charge in [-0.2, -0.15) is 0 Å². The summed E-state index contributed by atoms with van der Waals surface area (Å²) in [6.45, 7) is 6.79. The summed E-state index contributed by atoms with van der Waals surface area (Å²) in [4.78, 5) is 23.3. The van der Waals surface area contributed by atoms with Gasteiger partial charge in [0.15, 0.2) is 5.79 Å². The molecule has 1 N–H and O–H groups in total. The van der Waals surface area contributed by atoms with Crippen LogP contribution in [0.3, 0.4) is 0 Å². The highest BCUT2D eigenvalue weighted by Crippen LogP contribution is 2.31. The van der Waals surface area contributed by atoms with E-state index in [2.05, 4.69) is 35.2 Å². The Kier molecular flexibility index (Phi) is 5.28. The predicted octanol–water partition coefficient (Wildman–Crippen LogP) is 3.32. The Morgan fingerprint density at radius 3 is 2.39 bits per heavy atom. The van der Waals surface area contributed by atoms with E-state index in [4.69, 9.17) is 9.47 Å². The van der Waals surface area contributed by atoms with E-state index in [1.807, 2.05) is 23.1 Å². The Labute approximate surface area is 165 Å². The molecule has 1 aromatic heterocycles. The van der Waals surface area contributed by atoms with E-state index in [9.17, 15) is 4.79 Å². The van der Waals surface area contributed by atoms with Gasteiger partial charge in [0.05, 0.1) is 18.8 Å². The van der Waals surface area contributed by atoms with Gasteiger partial charge in [0, 0.05) is 44.0 Å². The highest BCUT2D eigenvalue weighted by molar-refractivity contribution is 5.93. The number of carbonyl (C=O) groups excluding carboxylic acids is 1. The number of ether oxygens (including phenoxy) is 2. The molecule has 2 saturated heterocycles. The minimum absolute atomic E-state index is 0.0537. The number of anilines is 2. The van der Waals surface area contributed by atoms with Crippen LogP contribution in [0.4, 0.5) is 11.6 Å². The summed E-state index contributed by atoms with van der Waals surface area (Å²) in [6.07, 6.45) is 4.57. The van der Waals surface area contributed by atoms with Gasteiger partial charge in [-0.3, -0.25) is 4.79 Å². The third kappa shape index (κ3) is 3.86. The largest absolute Gasteiger partial charge is 0.347 e. The van der Waals surface area contributed by atoms with Crippen LogP contribution in [0.5, 0.6) is 0 Å². The first-order valence-electron chi connectivity index (χ1n) is 9.81. The molecule has 3 heterocycles. The van der Waals surface area contributed by atoms with Crippen LogP contribution in [0.1, 0.15) is 48.5 Å². The number of likely N-dealkylation sites (tertiary alicyclic amines) is 1. The van der Waals surface area contributed by atoms with Crippen molar-refractivity contribution in [3.05, 3.63) is 47.8 Å². The van der Waals surface area contributed by atoms with Crippen molar-refractivity contribution >= 4 is 17.5 Å². The summed E-state index contributed by atoms with van der Waals surface area (Å²) < 4.78 is 11.4. The van der Waals surface area contributed by atoms with Crippen molar-refractivity contribution in [3.63, 3.8) is 0 Å². The molecule has 1 aromatic carbocycles. The summed E-state index contributed by atoms with van der Waals surface area (Å²) in [6, 6.07) is 8.10. The van der Waals surface area contributed by atoms with Gasteiger partial charge in [0.25, 0.3) is 5.91 Å². The molecule has 2 aromatic rings. The minimum Gasteiger partial charge on any atom is -0.347 e. The first kappa shape index (κ1) is 18.8. The highest BCUT2D eigenvalue weighted by atomic mass is 16.7. The second kappa shape index (κ2) is 7.85. The second-order valence-corrected chi connectivity index (χ2v) is 7.56. The maximum Gasteiger partial charge on any atom is 0.256 e. The number of hydrogen-bond donors (Lipinski definition) is 1. The quantitative estimate of drug-likeness (QED) is 0.874. The summed E-state index contributed by atoms with van der Waals surface area (Å²) in [5.41, 5.74) is 2.67. The fourth-order valence-electron chi connectivity index (χ4n) is 3.76. The molecule has 2 aliphatic heterocycles. The van der Waals surface area contributed by atoms with Crippen molar-refractivity contribution in [2.75, 3.05) is 31.6 Å². The minimum atomic E-state index is -0.481. The van der Waals surface area contributed by atoms with E-state index in [1.165, 1.54) is 5.56 Å². The molecule has 1 spiro atoms. The van der Waals surface area contributed by atoms with Crippen LogP contribution in [-0.2, 0) is 9.47 Å². The zero-order valence-electron chi connectivity index (χ0n) is 16.4. The van der Waals surface area contributed by atoms with E-state index in [0.717, 1.165) is 5.69 Å². The molecule has 148 valence electrons. The zero-order valence-corrected chi connectivity index (χ0v) is 16.4. The summed E-state index contributed by atoms with van der Waals surface area (Å²) in [5.74, 6) is 0.335. The molecule has 0 aliphatic carbocycles. The molecule has 1 amide bonds. The second-order valence-electron chi connectivity index (χ2n) is 7.56. The van der Waals surface area contributed by atoms with Gasteiger partial charge < -0.3 is 19.7 Å². The number of aromatic nitrogens is 2. The molecule has 0 saturated carbocycles. The van der Waals surface area contributed by atoms with Gasteiger partial charge in [0.2, 0.25) is 5.95 Å². The first-order chi connectivity index (χ1) is 13.6. The normalized spacial score (nSPS) is 18.6. The molecule has 2 aliphatic rings. The van der Waals surface area contributed by atoms with Crippen LogP contribution >= 0.6 is 0 Å². The number of carbonyl (C=O) groups is 1. The topological polar surface area (TPSA) is 76.6 Å². The van der Waals surface area contributed by atoms with E-state index in [1.54, 1.807) is 12.4 Å². The van der Waals surface area contributed by atoms with Crippen molar-refractivity contribution in [1.82, 2.24) is 14.9 Å². The predicted molar refractivity (Wildman–Crippen MR) is 106 cm³/mol. The van der Waals surface area contributed by atoms with E-state index >= 15 is 0 Å². The third-order valence-electron chi connectivity index (χ3n) is 5.35. The number of benzene rings is 1. The lowest BCUT2D eigenvalue weighted by Crippen LogP contribution is -2.47. The summed E-state index contributed by atoms with van der Waals surface area (Å²) >= 11 is 0. The van der Waals surface area contributed by atoms with Crippen molar-refractivity contribution in [2.24, 2.45) is 0 Å². The van der Waals surface area contributed by atoms with Crippen LogP contribution in [0.15, 0.2) is 36.7 Å². The highest BCUT2D eigenvalue weighted by Gasteiger charge is 2.40. The van der Waals surface area contributed by atoms with Crippen LogP contribution in [-0.4, -0.2) is 52.9 Å². The average molecular weight is 382 g/mol. The molecule has 7 heteroatoms. The number of rotatable bonds is 4. The van der Waals surface area contributed by atoms with Gasteiger partial charge in [0.1, 0.15) is 0 Å². The molecule has 4 rings (SSSR count). The van der Waals surface area contributed by atoms with E-state index < -0.39 is 5.79 Å². The molecular weight excluding hydrogens is 356 g/mol. The van der Waals surface area contributed by atoms with Gasteiger partial charge in [-0.1, -0.05) is 32.0 Å². The fraction of sp³-hybridized carbons (Fsp3) is 0.476. The average Bonchev–Trinajstić information content (AvgIpc) is 3.17. The Morgan fingerprint density at radius 2 is 1.75 bits per heavy atom. The van der Waals surface area contributed by atoms with E-state index in [0.29, 0.717) is 56.6 Å². The number of para-hydroxylation sites is 1. The van der Waals surface area contributed by atoms with Crippen molar-refractivity contribution < 1.29 is 14.3 Å². The molecule has 7 nitrogen and oxygen atoms in total. The first-order valence-corrected chi connectivity index (χ1v) is 9.81. The Morgan fingerprint density at radius 1 is 1.11 bits per heavy atom. The maximum atomic E-state index is 12.8. The Hall–Kier alpha value is -2.51. The lowest BCUT2D eigenvalue weighted by Gasteiger charge is -2.37. The van der Waals surface area contributed by atoms with Crippen molar-refractivity contribution in [3.8, 4) is 0 Å². The van der Waals surface area contributed by atoms with Crippen molar-refractivity contribution in [1.29, 1.82) is 0 Å². The summed E-state index contributed by atoms with van der Waals surface area (Å²) in [7, 11) is 0. The monoisotopic (exact) mass is 382 g/mol. The molecule has 0 atom stereocenters. The van der Waals surface area contributed by atoms with Gasteiger partial charge in [-0.05, 0) is 17.5 Å².